The van der Waals surface area contributed by atoms with E-state index in [2.05, 4.69) is 0 Å². The monoisotopic (exact) mass is 495 g/mol. The summed E-state index contributed by atoms with van der Waals surface area (Å²) >= 11 is 0. The summed E-state index contributed by atoms with van der Waals surface area (Å²) in [4.78, 5) is 39.0. The summed E-state index contributed by atoms with van der Waals surface area (Å²) < 4.78 is 54.2. The molecule has 10 nitrogen and oxygen atoms in total. The van der Waals surface area contributed by atoms with Gasteiger partial charge in [-0.25, -0.2) is 18.8 Å². The van der Waals surface area contributed by atoms with Gasteiger partial charge in [0.1, 0.15) is 11.2 Å². The number of methoxy groups -OCH3 is 1. The minimum atomic E-state index is -3.84. The van der Waals surface area contributed by atoms with Gasteiger partial charge in [-0.1, -0.05) is 0 Å². The molecule has 33 heavy (non-hydrogen) atoms. The summed E-state index contributed by atoms with van der Waals surface area (Å²) in [5, 5.41) is 0. The lowest BCUT2D eigenvalue weighted by Gasteiger charge is -2.33. The SMILES string of the molecule is CCOP(=O)(/C=C/[C@]1(F)C[C@@]1(C(=O)OC)N(C(=O)OC(C)(C)C)C(=O)OC(C)(C)C)OCC. The van der Waals surface area contributed by atoms with E-state index in [9.17, 15) is 18.9 Å². The summed E-state index contributed by atoms with van der Waals surface area (Å²) in [7, 11) is -2.85. The van der Waals surface area contributed by atoms with Crippen molar-refractivity contribution in [1.82, 2.24) is 4.90 Å². The lowest BCUT2D eigenvalue weighted by molar-refractivity contribution is -0.150. The minimum absolute atomic E-state index is 0.0188. The predicted molar refractivity (Wildman–Crippen MR) is 118 cm³/mol. The first-order valence-electron chi connectivity index (χ1n) is 10.5. The zero-order chi connectivity index (χ0) is 25.9. The van der Waals surface area contributed by atoms with Crippen molar-refractivity contribution < 1.29 is 46.6 Å². The fourth-order valence-electron chi connectivity index (χ4n) is 2.99. The van der Waals surface area contributed by atoms with Gasteiger partial charge < -0.3 is 23.3 Å². The van der Waals surface area contributed by atoms with E-state index < -0.39 is 54.6 Å². The van der Waals surface area contributed by atoms with Crippen LogP contribution in [0.3, 0.4) is 0 Å². The van der Waals surface area contributed by atoms with Crippen molar-refractivity contribution in [3.63, 3.8) is 0 Å². The first-order chi connectivity index (χ1) is 14.9. The van der Waals surface area contributed by atoms with Crippen molar-refractivity contribution in [2.75, 3.05) is 20.3 Å². The topological polar surface area (TPSA) is 118 Å². The molecule has 2 amide bonds. The molecule has 0 aromatic carbocycles. The molecule has 0 aliphatic heterocycles. The average molecular weight is 495 g/mol. The number of imide groups is 1. The van der Waals surface area contributed by atoms with Gasteiger partial charge in [0.15, 0.2) is 11.2 Å². The molecule has 0 spiro atoms. The van der Waals surface area contributed by atoms with Gasteiger partial charge >= 0.3 is 25.8 Å². The van der Waals surface area contributed by atoms with E-state index in [0.717, 1.165) is 19.0 Å². The van der Waals surface area contributed by atoms with Crippen LogP contribution in [0.5, 0.6) is 0 Å². The summed E-state index contributed by atoms with van der Waals surface area (Å²) in [6.45, 7) is 12.4. The van der Waals surface area contributed by atoms with Crippen LogP contribution in [0.4, 0.5) is 14.0 Å². The van der Waals surface area contributed by atoms with E-state index in [-0.39, 0.29) is 18.1 Å². The molecule has 0 aromatic heterocycles. The maximum absolute atomic E-state index is 16.0. The molecule has 0 saturated heterocycles. The first kappa shape index (κ1) is 29.1. The highest BCUT2D eigenvalue weighted by Gasteiger charge is 2.80. The van der Waals surface area contributed by atoms with E-state index in [0.29, 0.717) is 0 Å². The molecule has 0 N–H and O–H groups in total. The number of carbonyl (C=O) groups is 3. The number of alkyl halides is 1. The van der Waals surface area contributed by atoms with Crippen molar-refractivity contribution in [2.24, 2.45) is 0 Å². The number of rotatable bonds is 8. The minimum Gasteiger partial charge on any atom is -0.467 e. The lowest BCUT2D eigenvalue weighted by Crippen LogP contribution is -2.57. The third kappa shape index (κ3) is 7.01. The van der Waals surface area contributed by atoms with Crippen molar-refractivity contribution in [3.8, 4) is 0 Å². The Kier molecular flexibility index (Phi) is 8.90. The molecule has 1 rings (SSSR count). The number of nitrogens with zero attached hydrogens (tertiary/aromatic N) is 1. The van der Waals surface area contributed by atoms with E-state index in [1.807, 2.05) is 0 Å². The van der Waals surface area contributed by atoms with E-state index in [1.54, 1.807) is 55.4 Å². The van der Waals surface area contributed by atoms with Crippen molar-refractivity contribution in [3.05, 3.63) is 11.9 Å². The van der Waals surface area contributed by atoms with Gasteiger partial charge in [0.05, 0.1) is 20.3 Å². The van der Waals surface area contributed by atoms with E-state index in [4.69, 9.17) is 23.3 Å². The predicted octanol–water partition coefficient (Wildman–Crippen LogP) is 4.96. The quantitative estimate of drug-likeness (QED) is 0.261. The number of halogens is 1. The van der Waals surface area contributed by atoms with E-state index >= 15 is 4.39 Å². The van der Waals surface area contributed by atoms with Crippen LogP contribution < -0.4 is 0 Å². The van der Waals surface area contributed by atoms with Gasteiger partial charge in [0.25, 0.3) is 0 Å². The second kappa shape index (κ2) is 10.1. The highest BCUT2D eigenvalue weighted by molar-refractivity contribution is 7.57. The normalized spacial score (nSPS) is 23.2. The fourth-order valence-corrected chi connectivity index (χ4v) is 4.37. The Morgan fingerprint density at radius 2 is 1.39 bits per heavy atom. The second-order valence-corrected chi connectivity index (χ2v) is 11.3. The molecule has 1 fully saturated rings. The maximum Gasteiger partial charge on any atom is 0.421 e. The van der Waals surface area contributed by atoms with Crippen LogP contribution in [0.1, 0.15) is 61.8 Å². The number of ether oxygens (including phenoxy) is 3. The standard InChI is InChI=1S/C21H35FNO9P/c1-10-29-33(27,30-11-2)13-12-20(22)14-21(20,15(24)28-9)23(16(25)31-18(3,4)5)17(26)32-19(6,7)8/h12-13H,10-11,14H2,1-9H3/b13-12+/t20-,21-/m0/s1. The van der Waals surface area contributed by atoms with Gasteiger partial charge in [-0.2, -0.15) is 4.90 Å². The Morgan fingerprint density at radius 1 is 0.970 bits per heavy atom. The number of hydrogen-bond acceptors (Lipinski definition) is 9. The Hall–Kier alpha value is -1.97. The summed E-state index contributed by atoms with van der Waals surface area (Å²) in [6.07, 6.45) is -2.47. The molecule has 0 bridgehead atoms. The molecule has 12 heteroatoms. The average Bonchev–Trinajstić information content (AvgIpc) is 3.23. The van der Waals surface area contributed by atoms with Crippen LogP contribution in [0.15, 0.2) is 11.9 Å². The highest BCUT2D eigenvalue weighted by Crippen LogP contribution is 2.60. The Balaban J connectivity index is 3.55. The molecule has 1 aliphatic rings. The molecule has 190 valence electrons. The van der Waals surface area contributed by atoms with Crippen LogP contribution in [0, 0.1) is 0 Å². The molecular formula is C21H35FNO9P. The first-order valence-corrected chi connectivity index (χ1v) is 12.1. The van der Waals surface area contributed by atoms with Crippen molar-refractivity contribution >= 4 is 25.8 Å². The number of amides is 2. The van der Waals surface area contributed by atoms with Gasteiger partial charge in [0.2, 0.25) is 0 Å². The molecule has 2 atom stereocenters. The van der Waals surface area contributed by atoms with Crippen molar-refractivity contribution in [2.45, 2.75) is 84.2 Å². The Bertz CT molecular complexity index is 795. The Labute approximate surface area is 194 Å². The van der Waals surface area contributed by atoms with Gasteiger partial charge in [0, 0.05) is 12.2 Å². The van der Waals surface area contributed by atoms with Crippen LogP contribution in [0.25, 0.3) is 0 Å². The zero-order valence-electron chi connectivity index (χ0n) is 20.7. The van der Waals surface area contributed by atoms with Gasteiger partial charge in [-0.3, -0.25) is 4.57 Å². The second-order valence-electron chi connectivity index (χ2n) is 9.38. The fraction of sp³-hybridized carbons (Fsp3) is 0.762. The van der Waals surface area contributed by atoms with E-state index in [1.165, 1.54) is 0 Å². The number of carbonyl (C=O) groups excluding carboxylic acids is 3. The highest BCUT2D eigenvalue weighted by atomic mass is 31.2. The number of esters is 1. The summed E-state index contributed by atoms with van der Waals surface area (Å²) in [6, 6.07) is 0. The van der Waals surface area contributed by atoms with Crippen LogP contribution in [0.2, 0.25) is 0 Å². The summed E-state index contributed by atoms with van der Waals surface area (Å²) in [5.74, 6) is -0.346. The molecular weight excluding hydrogens is 460 g/mol. The smallest absolute Gasteiger partial charge is 0.421 e. The largest absolute Gasteiger partial charge is 0.467 e. The van der Waals surface area contributed by atoms with Crippen molar-refractivity contribution in [1.29, 1.82) is 0 Å². The van der Waals surface area contributed by atoms with Gasteiger partial charge in [-0.05, 0) is 61.5 Å². The Morgan fingerprint density at radius 3 is 1.73 bits per heavy atom. The molecule has 0 radical (unpaired) electrons. The molecule has 1 aliphatic carbocycles. The lowest BCUT2D eigenvalue weighted by atomic mass is 10.1. The van der Waals surface area contributed by atoms with Crippen LogP contribution >= 0.6 is 7.60 Å². The zero-order valence-corrected chi connectivity index (χ0v) is 21.6. The third-order valence-corrected chi connectivity index (χ3v) is 6.02. The van der Waals surface area contributed by atoms with Crippen LogP contribution in [-0.4, -0.2) is 65.8 Å². The summed E-state index contributed by atoms with van der Waals surface area (Å²) in [5.41, 5.74) is -7.22. The molecule has 1 saturated carbocycles. The van der Waals surface area contributed by atoms with Crippen LogP contribution in [-0.2, 0) is 32.6 Å². The number of hydrogen-bond donors (Lipinski definition) is 0. The maximum atomic E-state index is 16.0. The third-order valence-electron chi connectivity index (χ3n) is 4.27. The molecule has 0 aromatic rings. The molecule has 0 heterocycles. The van der Waals surface area contributed by atoms with Gasteiger partial charge in [-0.15, -0.1) is 0 Å². The molecule has 0 unspecified atom stereocenters.